The third-order valence-electron chi connectivity index (χ3n) is 5.27. The minimum atomic E-state index is -0.611. The predicted molar refractivity (Wildman–Crippen MR) is 103 cm³/mol. The fourth-order valence-corrected chi connectivity index (χ4v) is 3.82. The lowest BCUT2D eigenvalue weighted by Crippen LogP contribution is -2.43. The van der Waals surface area contributed by atoms with Gasteiger partial charge in [0.25, 0.3) is 0 Å². The molecule has 1 aromatic carbocycles. The van der Waals surface area contributed by atoms with Gasteiger partial charge >= 0.3 is 11.8 Å². The Hall–Kier alpha value is -2.34. The molecule has 2 N–H and O–H groups in total. The summed E-state index contributed by atoms with van der Waals surface area (Å²) in [7, 11) is 2.12. The van der Waals surface area contributed by atoms with E-state index in [1.54, 1.807) is 6.08 Å². The highest BCUT2D eigenvalue weighted by Crippen LogP contribution is 2.32. The van der Waals surface area contributed by atoms with Crippen LogP contribution in [0.1, 0.15) is 30.0 Å². The van der Waals surface area contributed by atoms with Crippen molar-refractivity contribution in [2.24, 2.45) is 0 Å². The molecule has 26 heavy (non-hydrogen) atoms. The lowest BCUT2D eigenvalue weighted by Gasteiger charge is -2.28. The van der Waals surface area contributed by atoms with E-state index in [1.807, 2.05) is 0 Å². The lowest BCUT2D eigenvalue weighted by molar-refractivity contribution is -0.139. The van der Waals surface area contributed by atoms with Gasteiger partial charge in [0.05, 0.1) is 6.04 Å². The summed E-state index contributed by atoms with van der Waals surface area (Å²) in [4.78, 5) is 28.5. The van der Waals surface area contributed by atoms with E-state index in [1.165, 1.54) is 29.7 Å². The first-order chi connectivity index (χ1) is 12.6. The van der Waals surface area contributed by atoms with Gasteiger partial charge in [-0.3, -0.25) is 14.5 Å². The van der Waals surface area contributed by atoms with Crippen LogP contribution in [0.5, 0.6) is 0 Å². The number of nitrogens with zero attached hydrogens (tertiary/aromatic N) is 2. The van der Waals surface area contributed by atoms with E-state index >= 15 is 0 Å². The molecular weight excluding hydrogens is 328 g/mol. The Labute approximate surface area is 155 Å². The normalized spacial score (nSPS) is 17.7. The van der Waals surface area contributed by atoms with Crippen LogP contribution in [-0.2, 0) is 16.0 Å². The standard InChI is InChI=1S/C20H28N4O2/c1-3-9-21-19(25)20(26)22-14-18(24-10-4-5-11-24)15-6-7-17-16(13-15)8-12-23(17)2/h3,6-7,13,18H,1,4-5,8-12,14H2,2H3,(H,21,25)(H,22,26)/t18-/m1/s1. The molecule has 2 heterocycles. The van der Waals surface area contributed by atoms with Gasteiger partial charge in [-0.05, 0) is 49.5 Å². The second kappa shape index (κ2) is 8.36. The molecule has 0 aliphatic carbocycles. The number of rotatable bonds is 6. The number of nitrogens with one attached hydrogen (secondary N) is 2. The summed E-state index contributed by atoms with van der Waals surface area (Å²) in [5, 5.41) is 5.32. The third-order valence-corrected chi connectivity index (χ3v) is 5.27. The predicted octanol–water partition coefficient (Wildman–Crippen LogP) is 1.23. The molecular formula is C20H28N4O2. The number of benzene rings is 1. The number of hydrogen-bond acceptors (Lipinski definition) is 4. The van der Waals surface area contributed by atoms with Gasteiger partial charge in [-0.2, -0.15) is 0 Å². The van der Waals surface area contributed by atoms with Crippen molar-refractivity contribution < 1.29 is 9.59 Å². The number of carbonyl (C=O) groups is 2. The highest BCUT2D eigenvalue weighted by Gasteiger charge is 2.26. The largest absolute Gasteiger partial charge is 0.374 e. The van der Waals surface area contributed by atoms with Gasteiger partial charge in [0.15, 0.2) is 0 Å². The molecule has 0 saturated carbocycles. The number of likely N-dealkylation sites (N-methyl/N-ethyl adjacent to an activating group) is 1. The first kappa shape index (κ1) is 18.5. The Kier molecular flexibility index (Phi) is 5.93. The van der Waals surface area contributed by atoms with Crippen molar-refractivity contribution in [1.29, 1.82) is 0 Å². The molecule has 1 atom stereocenters. The van der Waals surface area contributed by atoms with Gasteiger partial charge in [0.1, 0.15) is 0 Å². The van der Waals surface area contributed by atoms with Gasteiger partial charge < -0.3 is 15.5 Å². The van der Waals surface area contributed by atoms with E-state index in [4.69, 9.17) is 0 Å². The van der Waals surface area contributed by atoms with E-state index in [9.17, 15) is 9.59 Å². The van der Waals surface area contributed by atoms with E-state index in [0.29, 0.717) is 13.1 Å². The van der Waals surface area contributed by atoms with Crippen LogP contribution >= 0.6 is 0 Å². The summed E-state index contributed by atoms with van der Waals surface area (Å²) in [6.07, 6.45) is 4.97. The molecule has 0 aromatic heterocycles. The maximum absolute atomic E-state index is 12.0. The number of hydrogen-bond donors (Lipinski definition) is 2. The zero-order valence-electron chi connectivity index (χ0n) is 15.5. The summed E-state index contributed by atoms with van der Waals surface area (Å²) in [6.45, 7) is 7.37. The minimum Gasteiger partial charge on any atom is -0.374 e. The van der Waals surface area contributed by atoms with Crippen molar-refractivity contribution in [3.05, 3.63) is 42.0 Å². The Bertz CT molecular complexity index is 682. The molecule has 0 radical (unpaired) electrons. The van der Waals surface area contributed by atoms with Gasteiger partial charge in [0, 0.05) is 32.4 Å². The number of amides is 2. The van der Waals surface area contributed by atoms with E-state index < -0.39 is 11.8 Å². The van der Waals surface area contributed by atoms with Crippen LogP contribution < -0.4 is 15.5 Å². The zero-order chi connectivity index (χ0) is 18.5. The molecule has 1 saturated heterocycles. The van der Waals surface area contributed by atoms with E-state index in [0.717, 1.165) is 26.1 Å². The number of carbonyl (C=O) groups excluding carboxylic acids is 2. The monoisotopic (exact) mass is 356 g/mol. The highest BCUT2D eigenvalue weighted by molar-refractivity contribution is 6.35. The van der Waals surface area contributed by atoms with E-state index in [2.05, 4.69) is 52.3 Å². The van der Waals surface area contributed by atoms with Crippen LogP contribution in [0.4, 0.5) is 5.69 Å². The number of likely N-dealkylation sites (tertiary alicyclic amines) is 1. The van der Waals surface area contributed by atoms with Crippen molar-refractivity contribution in [1.82, 2.24) is 15.5 Å². The quantitative estimate of drug-likeness (QED) is 0.595. The molecule has 6 nitrogen and oxygen atoms in total. The fourth-order valence-electron chi connectivity index (χ4n) is 3.82. The van der Waals surface area contributed by atoms with Gasteiger partial charge in [-0.1, -0.05) is 18.2 Å². The third kappa shape index (κ3) is 4.07. The van der Waals surface area contributed by atoms with Gasteiger partial charge in [-0.25, -0.2) is 0 Å². The van der Waals surface area contributed by atoms with Crippen LogP contribution in [-0.4, -0.2) is 56.5 Å². The second-order valence-corrected chi connectivity index (χ2v) is 7.03. The van der Waals surface area contributed by atoms with E-state index in [-0.39, 0.29) is 6.04 Å². The summed E-state index contributed by atoms with van der Waals surface area (Å²) in [5.41, 5.74) is 3.87. The molecule has 0 unspecified atom stereocenters. The molecule has 140 valence electrons. The van der Waals surface area contributed by atoms with Crippen LogP contribution in [0.15, 0.2) is 30.9 Å². The number of fused-ring (bicyclic) bond motifs is 1. The average molecular weight is 356 g/mol. The molecule has 1 aromatic rings. The Morgan fingerprint density at radius 2 is 1.92 bits per heavy atom. The summed E-state index contributed by atoms with van der Waals surface area (Å²) in [5.74, 6) is -1.20. The smallest absolute Gasteiger partial charge is 0.309 e. The summed E-state index contributed by atoms with van der Waals surface area (Å²) in [6, 6.07) is 6.71. The second-order valence-electron chi connectivity index (χ2n) is 7.03. The molecule has 2 aliphatic heterocycles. The highest BCUT2D eigenvalue weighted by atomic mass is 16.2. The molecule has 0 bridgehead atoms. The number of anilines is 1. The van der Waals surface area contributed by atoms with Crippen molar-refractivity contribution in [2.45, 2.75) is 25.3 Å². The lowest BCUT2D eigenvalue weighted by atomic mass is 10.0. The molecule has 2 aliphatic rings. The van der Waals surface area contributed by atoms with Crippen molar-refractivity contribution in [3.8, 4) is 0 Å². The Balaban J connectivity index is 1.71. The SMILES string of the molecule is C=CCNC(=O)C(=O)NC[C@H](c1ccc2c(c1)CCN2C)N1CCCC1. The van der Waals surface area contributed by atoms with Gasteiger partial charge in [0.2, 0.25) is 0 Å². The Morgan fingerprint density at radius 3 is 2.65 bits per heavy atom. The first-order valence-electron chi connectivity index (χ1n) is 9.35. The van der Waals surface area contributed by atoms with Gasteiger partial charge in [-0.15, -0.1) is 6.58 Å². The maximum atomic E-state index is 12.0. The van der Waals surface area contributed by atoms with Crippen LogP contribution in [0, 0.1) is 0 Å². The first-order valence-corrected chi connectivity index (χ1v) is 9.35. The summed E-state index contributed by atoms with van der Waals surface area (Å²) >= 11 is 0. The van der Waals surface area contributed by atoms with Crippen molar-refractivity contribution in [3.63, 3.8) is 0 Å². The topological polar surface area (TPSA) is 64.7 Å². The Morgan fingerprint density at radius 1 is 1.19 bits per heavy atom. The van der Waals surface area contributed by atoms with Crippen LogP contribution in [0.3, 0.4) is 0 Å². The van der Waals surface area contributed by atoms with Crippen molar-refractivity contribution in [2.75, 3.05) is 44.7 Å². The molecule has 0 spiro atoms. The van der Waals surface area contributed by atoms with Crippen LogP contribution in [0.25, 0.3) is 0 Å². The molecule has 2 amide bonds. The molecule has 6 heteroatoms. The maximum Gasteiger partial charge on any atom is 0.309 e. The molecule has 1 fully saturated rings. The average Bonchev–Trinajstić information content (AvgIpc) is 3.30. The summed E-state index contributed by atoms with van der Waals surface area (Å²) < 4.78 is 0. The molecule has 3 rings (SSSR count). The minimum absolute atomic E-state index is 0.102. The van der Waals surface area contributed by atoms with Crippen molar-refractivity contribution >= 4 is 17.5 Å². The fraction of sp³-hybridized carbons (Fsp3) is 0.500. The van der Waals surface area contributed by atoms with Crippen LogP contribution in [0.2, 0.25) is 0 Å². The zero-order valence-corrected chi connectivity index (χ0v) is 15.5.